The molecule has 0 saturated heterocycles. The first-order valence-electron chi connectivity index (χ1n) is 3.93. The minimum atomic E-state index is -4.55. The fraction of sp³-hybridized carbons (Fsp3) is 0.222. The molecule has 0 amide bonds. The van der Waals surface area contributed by atoms with Crippen LogP contribution in [0.15, 0.2) is 12.1 Å². The molecule has 0 aliphatic heterocycles. The van der Waals surface area contributed by atoms with Crippen LogP contribution in [0.1, 0.15) is 16.5 Å². The monoisotopic (exact) mass is 290 g/mol. The molecule has 1 aromatic carbocycles. The third-order valence-corrected chi connectivity index (χ3v) is 2.75. The molecule has 0 saturated carbocycles. The van der Waals surface area contributed by atoms with Crippen molar-refractivity contribution in [3.63, 3.8) is 0 Å². The third kappa shape index (κ3) is 2.81. The Morgan fingerprint density at radius 2 is 1.62 bits per heavy atom. The smallest absolute Gasteiger partial charge is 0.301 e. The molecule has 0 aliphatic carbocycles. The fourth-order valence-corrected chi connectivity index (χ4v) is 2.15. The van der Waals surface area contributed by atoms with E-state index >= 15 is 0 Å². The first kappa shape index (κ1) is 13.6. The van der Waals surface area contributed by atoms with Crippen molar-refractivity contribution < 1.29 is 18.0 Å². The normalized spacial score (nSPS) is 13.6. The minimum absolute atomic E-state index is 0.0204. The molecule has 0 bridgehead atoms. The second-order valence-corrected chi connectivity index (χ2v) is 4.17. The highest BCUT2D eigenvalue weighted by Gasteiger charge is 2.32. The van der Waals surface area contributed by atoms with Crippen LogP contribution >= 0.6 is 34.8 Å². The van der Waals surface area contributed by atoms with Crippen molar-refractivity contribution in [3.05, 3.63) is 33.3 Å². The Bertz CT molecular complexity index is 394. The van der Waals surface area contributed by atoms with Gasteiger partial charge in [-0.25, -0.2) is 0 Å². The summed E-state index contributed by atoms with van der Waals surface area (Å²) in [6.07, 6.45) is -4.21. The van der Waals surface area contributed by atoms with E-state index in [4.69, 9.17) is 34.8 Å². The van der Waals surface area contributed by atoms with Crippen molar-refractivity contribution in [2.45, 2.75) is 11.6 Å². The van der Waals surface area contributed by atoms with Crippen LogP contribution in [0.3, 0.4) is 0 Å². The predicted molar refractivity (Wildman–Crippen MR) is 56.1 cm³/mol. The zero-order valence-corrected chi connectivity index (χ0v) is 9.75. The molecule has 0 fully saturated rings. The van der Waals surface area contributed by atoms with Crippen LogP contribution in [-0.2, 0) is 11.0 Å². The van der Waals surface area contributed by atoms with Gasteiger partial charge in [-0.15, -0.1) is 11.6 Å². The molecule has 7 heteroatoms. The lowest BCUT2D eigenvalue weighted by Gasteiger charge is -2.12. The van der Waals surface area contributed by atoms with Gasteiger partial charge in [0, 0.05) is 15.6 Å². The quantitative estimate of drug-likeness (QED) is 0.579. The molecule has 16 heavy (non-hydrogen) atoms. The topological polar surface area (TPSA) is 17.1 Å². The fourth-order valence-electron chi connectivity index (χ4n) is 1.08. The van der Waals surface area contributed by atoms with Crippen LogP contribution in [-0.4, -0.2) is 6.29 Å². The van der Waals surface area contributed by atoms with E-state index in [2.05, 4.69) is 0 Å². The molecule has 0 aromatic heterocycles. The second kappa shape index (κ2) is 4.82. The summed E-state index contributed by atoms with van der Waals surface area (Å²) in [5.41, 5.74) is -1.01. The summed E-state index contributed by atoms with van der Waals surface area (Å²) in [6, 6.07) is 1.36. The molecule has 0 radical (unpaired) electrons. The van der Waals surface area contributed by atoms with E-state index in [1.54, 1.807) is 0 Å². The Hall–Kier alpha value is -0.450. The maximum absolute atomic E-state index is 12.3. The van der Waals surface area contributed by atoms with Crippen molar-refractivity contribution in [1.82, 2.24) is 0 Å². The number of rotatable bonds is 2. The number of hydrogen-bond donors (Lipinski definition) is 0. The van der Waals surface area contributed by atoms with E-state index in [-0.39, 0.29) is 15.6 Å². The lowest BCUT2D eigenvalue weighted by atomic mass is 10.1. The molecule has 0 aliphatic rings. The van der Waals surface area contributed by atoms with Crippen molar-refractivity contribution in [1.29, 1.82) is 0 Å². The van der Waals surface area contributed by atoms with E-state index in [1.807, 2.05) is 0 Å². The first-order valence-corrected chi connectivity index (χ1v) is 5.12. The van der Waals surface area contributed by atoms with Gasteiger partial charge in [0.05, 0.1) is 5.56 Å². The largest absolute Gasteiger partial charge is 0.416 e. The van der Waals surface area contributed by atoms with Gasteiger partial charge in [0.25, 0.3) is 0 Å². The average molecular weight is 291 g/mol. The Labute approximate surface area is 104 Å². The van der Waals surface area contributed by atoms with Crippen LogP contribution in [0.2, 0.25) is 10.0 Å². The van der Waals surface area contributed by atoms with Crippen molar-refractivity contribution in [3.8, 4) is 0 Å². The van der Waals surface area contributed by atoms with Gasteiger partial charge < -0.3 is 4.79 Å². The van der Waals surface area contributed by atoms with Gasteiger partial charge in [-0.1, -0.05) is 23.2 Å². The summed E-state index contributed by atoms with van der Waals surface area (Å²) in [6.45, 7) is 0. The van der Waals surface area contributed by atoms with Gasteiger partial charge in [-0.05, 0) is 12.1 Å². The number of carbonyl (C=O) groups is 1. The van der Waals surface area contributed by atoms with E-state index in [0.29, 0.717) is 18.4 Å². The summed E-state index contributed by atoms with van der Waals surface area (Å²) >= 11 is 16.7. The minimum Gasteiger partial charge on any atom is -0.301 e. The number of halogens is 6. The standard InChI is InChI=1S/C9H4Cl3F3O/c10-5-1-4(9(13,14)15)2-6(11)8(5)7(12)3-16/h1-3,7H. The van der Waals surface area contributed by atoms with Gasteiger partial charge in [0.1, 0.15) is 11.7 Å². The lowest BCUT2D eigenvalue weighted by molar-refractivity contribution is -0.137. The summed E-state index contributed by atoms with van der Waals surface area (Å²) in [4.78, 5) is 10.4. The highest BCUT2D eigenvalue weighted by Crippen LogP contribution is 2.39. The number of alkyl halides is 4. The van der Waals surface area contributed by atoms with E-state index in [1.165, 1.54) is 0 Å². The number of hydrogen-bond acceptors (Lipinski definition) is 1. The van der Waals surface area contributed by atoms with E-state index in [9.17, 15) is 18.0 Å². The number of benzene rings is 1. The molecule has 0 spiro atoms. The van der Waals surface area contributed by atoms with E-state index < -0.39 is 17.1 Å². The van der Waals surface area contributed by atoms with Crippen LogP contribution < -0.4 is 0 Å². The van der Waals surface area contributed by atoms with Gasteiger partial charge >= 0.3 is 6.18 Å². The molecule has 1 rings (SSSR count). The Balaban J connectivity index is 3.33. The SMILES string of the molecule is O=CC(Cl)c1c(Cl)cc(C(F)(F)F)cc1Cl. The molecule has 1 aromatic rings. The highest BCUT2D eigenvalue weighted by atomic mass is 35.5. The summed E-state index contributed by atoms with van der Waals surface area (Å²) < 4.78 is 37.0. The zero-order chi connectivity index (χ0) is 12.5. The maximum Gasteiger partial charge on any atom is 0.416 e. The first-order chi connectivity index (χ1) is 7.27. The Morgan fingerprint density at radius 3 is 1.94 bits per heavy atom. The molecular formula is C9H4Cl3F3O. The average Bonchev–Trinajstić information content (AvgIpc) is 2.14. The highest BCUT2D eigenvalue weighted by molar-refractivity contribution is 6.39. The van der Waals surface area contributed by atoms with Gasteiger partial charge in [0.2, 0.25) is 0 Å². The summed E-state index contributed by atoms with van der Waals surface area (Å²) in [5.74, 6) is 0. The van der Waals surface area contributed by atoms with E-state index in [0.717, 1.165) is 0 Å². The third-order valence-electron chi connectivity index (χ3n) is 1.80. The van der Waals surface area contributed by atoms with Crippen LogP contribution in [0, 0.1) is 0 Å². The molecule has 1 nitrogen and oxygen atoms in total. The Morgan fingerprint density at radius 1 is 1.19 bits per heavy atom. The predicted octanol–water partition coefficient (Wildman–Crippen LogP) is 4.49. The lowest BCUT2D eigenvalue weighted by Crippen LogP contribution is -2.06. The van der Waals surface area contributed by atoms with Crippen LogP contribution in [0.5, 0.6) is 0 Å². The molecule has 1 unspecified atom stereocenters. The van der Waals surface area contributed by atoms with Gasteiger partial charge in [0.15, 0.2) is 0 Å². The second-order valence-electron chi connectivity index (χ2n) is 2.89. The molecule has 0 N–H and O–H groups in total. The number of carbonyl (C=O) groups excluding carboxylic acids is 1. The van der Waals surface area contributed by atoms with Crippen molar-refractivity contribution >= 4 is 41.1 Å². The summed E-state index contributed by atoms with van der Waals surface area (Å²) in [7, 11) is 0. The van der Waals surface area contributed by atoms with Gasteiger partial charge in [-0.3, -0.25) is 0 Å². The Kier molecular flexibility index (Phi) is 4.10. The molecule has 88 valence electrons. The molecule has 0 heterocycles. The zero-order valence-electron chi connectivity index (χ0n) is 7.49. The van der Waals surface area contributed by atoms with Crippen molar-refractivity contribution in [2.24, 2.45) is 0 Å². The maximum atomic E-state index is 12.3. The van der Waals surface area contributed by atoms with Crippen molar-refractivity contribution in [2.75, 3.05) is 0 Å². The van der Waals surface area contributed by atoms with Gasteiger partial charge in [-0.2, -0.15) is 13.2 Å². The molecular weight excluding hydrogens is 287 g/mol. The van der Waals surface area contributed by atoms with Crippen LogP contribution in [0.25, 0.3) is 0 Å². The number of aldehydes is 1. The molecule has 1 atom stereocenters. The summed E-state index contributed by atoms with van der Waals surface area (Å²) in [5, 5.41) is -1.74. The van der Waals surface area contributed by atoms with Crippen LogP contribution in [0.4, 0.5) is 13.2 Å².